The number of urea groups is 1. The average molecular weight is 319 g/mol. The SMILES string of the molecule is Cn1cc(-c2cccc(NC(=O)N3CCC(F)(CO)C3)n2)cn1. The van der Waals surface area contributed by atoms with Crippen molar-refractivity contribution in [3.05, 3.63) is 30.6 Å². The van der Waals surface area contributed by atoms with Crippen LogP contribution in [-0.4, -0.2) is 56.2 Å². The van der Waals surface area contributed by atoms with Crippen LogP contribution in [0.3, 0.4) is 0 Å². The molecule has 122 valence electrons. The number of alkyl halides is 1. The molecule has 23 heavy (non-hydrogen) atoms. The van der Waals surface area contributed by atoms with Crippen molar-refractivity contribution in [1.29, 1.82) is 0 Å². The summed E-state index contributed by atoms with van der Waals surface area (Å²) in [7, 11) is 1.81. The van der Waals surface area contributed by atoms with E-state index in [1.807, 2.05) is 19.3 Å². The van der Waals surface area contributed by atoms with E-state index < -0.39 is 18.3 Å². The van der Waals surface area contributed by atoms with E-state index in [4.69, 9.17) is 5.11 Å². The Hall–Kier alpha value is -2.48. The molecule has 1 aliphatic heterocycles. The molecular formula is C15H18FN5O2. The molecular weight excluding hydrogens is 301 g/mol. The molecule has 1 saturated heterocycles. The van der Waals surface area contributed by atoms with Crippen molar-refractivity contribution in [3.63, 3.8) is 0 Å². The molecule has 0 saturated carbocycles. The second-order valence-electron chi connectivity index (χ2n) is 5.72. The number of aryl methyl sites for hydroxylation is 1. The summed E-state index contributed by atoms with van der Waals surface area (Å²) in [5.74, 6) is 0.386. The highest BCUT2D eigenvalue weighted by Crippen LogP contribution is 2.25. The third-order valence-corrected chi connectivity index (χ3v) is 3.86. The normalized spacial score (nSPS) is 20.7. The quantitative estimate of drug-likeness (QED) is 0.896. The molecule has 2 N–H and O–H groups in total. The zero-order valence-electron chi connectivity index (χ0n) is 12.7. The summed E-state index contributed by atoms with van der Waals surface area (Å²) in [4.78, 5) is 17.9. The van der Waals surface area contributed by atoms with Gasteiger partial charge in [-0.2, -0.15) is 5.10 Å². The fourth-order valence-electron chi connectivity index (χ4n) is 2.55. The molecule has 3 heterocycles. The highest BCUT2D eigenvalue weighted by atomic mass is 19.1. The maximum atomic E-state index is 14.0. The Morgan fingerprint density at radius 2 is 2.35 bits per heavy atom. The number of amides is 2. The second-order valence-corrected chi connectivity index (χ2v) is 5.72. The van der Waals surface area contributed by atoms with Gasteiger partial charge in [-0.25, -0.2) is 14.2 Å². The van der Waals surface area contributed by atoms with Crippen molar-refractivity contribution in [2.24, 2.45) is 7.05 Å². The number of hydrogen-bond acceptors (Lipinski definition) is 4. The zero-order chi connectivity index (χ0) is 16.4. The predicted molar refractivity (Wildman–Crippen MR) is 82.6 cm³/mol. The molecule has 0 bridgehead atoms. The molecule has 3 rings (SSSR count). The number of aliphatic hydroxyl groups is 1. The lowest BCUT2D eigenvalue weighted by atomic mass is 10.1. The average Bonchev–Trinajstić information content (AvgIpc) is 3.15. The van der Waals surface area contributed by atoms with Gasteiger partial charge in [-0.05, 0) is 12.1 Å². The summed E-state index contributed by atoms with van der Waals surface area (Å²) in [5.41, 5.74) is -0.178. The Morgan fingerprint density at radius 3 is 3.00 bits per heavy atom. The first kappa shape index (κ1) is 15.4. The first-order valence-electron chi connectivity index (χ1n) is 7.31. The molecule has 1 atom stereocenters. The van der Waals surface area contributed by atoms with Crippen LogP contribution in [0, 0.1) is 0 Å². The van der Waals surface area contributed by atoms with Crippen LogP contribution in [0.1, 0.15) is 6.42 Å². The van der Waals surface area contributed by atoms with Gasteiger partial charge in [0, 0.05) is 31.8 Å². The number of nitrogens with zero attached hydrogens (tertiary/aromatic N) is 4. The van der Waals surface area contributed by atoms with Crippen LogP contribution in [0.15, 0.2) is 30.6 Å². The summed E-state index contributed by atoms with van der Waals surface area (Å²) in [6.45, 7) is -0.422. The van der Waals surface area contributed by atoms with E-state index in [1.165, 1.54) is 4.90 Å². The van der Waals surface area contributed by atoms with Gasteiger partial charge in [-0.1, -0.05) is 6.07 Å². The number of pyridine rings is 1. The number of carbonyl (C=O) groups is 1. The number of rotatable bonds is 3. The van der Waals surface area contributed by atoms with Crippen molar-refractivity contribution in [1.82, 2.24) is 19.7 Å². The number of nitrogens with one attached hydrogen (secondary N) is 1. The molecule has 0 spiro atoms. The predicted octanol–water partition coefficient (Wildman–Crippen LogP) is 1.42. The van der Waals surface area contributed by atoms with E-state index in [9.17, 15) is 9.18 Å². The number of likely N-dealkylation sites (tertiary alicyclic amines) is 1. The summed E-state index contributed by atoms with van der Waals surface area (Å²) >= 11 is 0. The smallest absolute Gasteiger partial charge is 0.323 e. The van der Waals surface area contributed by atoms with Crippen LogP contribution in [-0.2, 0) is 7.05 Å². The van der Waals surface area contributed by atoms with Crippen LogP contribution in [0.4, 0.5) is 15.0 Å². The van der Waals surface area contributed by atoms with E-state index >= 15 is 0 Å². The third-order valence-electron chi connectivity index (χ3n) is 3.86. The number of aromatic nitrogens is 3. The number of anilines is 1. The molecule has 1 unspecified atom stereocenters. The molecule has 2 aromatic rings. The third kappa shape index (κ3) is 3.31. The monoisotopic (exact) mass is 319 g/mol. The minimum atomic E-state index is -1.71. The molecule has 2 amide bonds. The Bertz CT molecular complexity index is 719. The lowest BCUT2D eigenvalue weighted by Gasteiger charge is -2.19. The first-order valence-corrected chi connectivity index (χ1v) is 7.31. The largest absolute Gasteiger partial charge is 0.393 e. The topological polar surface area (TPSA) is 83.3 Å². The maximum absolute atomic E-state index is 14.0. The Balaban J connectivity index is 1.70. The van der Waals surface area contributed by atoms with Crippen molar-refractivity contribution in [2.75, 3.05) is 25.0 Å². The van der Waals surface area contributed by atoms with E-state index in [0.717, 1.165) is 5.56 Å². The lowest BCUT2D eigenvalue weighted by Crippen LogP contribution is -2.37. The molecule has 2 aromatic heterocycles. The summed E-state index contributed by atoms with van der Waals surface area (Å²) < 4.78 is 15.7. The summed E-state index contributed by atoms with van der Waals surface area (Å²) in [6.07, 6.45) is 3.65. The van der Waals surface area contributed by atoms with Crippen LogP contribution in [0.25, 0.3) is 11.3 Å². The minimum absolute atomic E-state index is 0.113. The molecule has 8 heteroatoms. The highest BCUT2D eigenvalue weighted by molar-refractivity contribution is 5.88. The van der Waals surface area contributed by atoms with Gasteiger partial charge in [0.05, 0.1) is 25.0 Å². The molecule has 0 aromatic carbocycles. The second kappa shape index (κ2) is 5.96. The van der Waals surface area contributed by atoms with Crippen LogP contribution in [0.5, 0.6) is 0 Å². The molecule has 0 radical (unpaired) electrons. The Labute approximate surface area is 132 Å². The number of hydrogen-bond donors (Lipinski definition) is 2. The summed E-state index contributed by atoms with van der Waals surface area (Å²) in [6, 6.07) is 4.85. The molecule has 1 fully saturated rings. The molecule has 7 nitrogen and oxygen atoms in total. The fourth-order valence-corrected chi connectivity index (χ4v) is 2.55. The van der Waals surface area contributed by atoms with Crippen LogP contribution >= 0.6 is 0 Å². The van der Waals surface area contributed by atoms with Crippen molar-refractivity contribution in [2.45, 2.75) is 12.1 Å². The van der Waals surface area contributed by atoms with Gasteiger partial charge in [0.1, 0.15) is 5.82 Å². The number of aliphatic hydroxyl groups excluding tert-OH is 1. The van der Waals surface area contributed by atoms with Crippen LogP contribution in [0.2, 0.25) is 0 Å². The lowest BCUT2D eigenvalue weighted by molar-refractivity contribution is 0.0813. The summed E-state index contributed by atoms with van der Waals surface area (Å²) in [5, 5.41) is 15.8. The van der Waals surface area contributed by atoms with Crippen LogP contribution < -0.4 is 5.32 Å². The maximum Gasteiger partial charge on any atom is 0.323 e. The zero-order valence-corrected chi connectivity index (χ0v) is 12.7. The van der Waals surface area contributed by atoms with Gasteiger partial charge in [0.2, 0.25) is 0 Å². The van der Waals surface area contributed by atoms with Crippen molar-refractivity contribution in [3.8, 4) is 11.3 Å². The van der Waals surface area contributed by atoms with Gasteiger partial charge >= 0.3 is 6.03 Å². The van der Waals surface area contributed by atoms with Gasteiger partial charge < -0.3 is 10.0 Å². The molecule has 1 aliphatic rings. The van der Waals surface area contributed by atoms with Gasteiger partial charge in [-0.3, -0.25) is 10.00 Å². The van der Waals surface area contributed by atoms with E-state index in [-0.39, 0.29) is 19.5 Å². The van der Waals surface area contributed by atoms with Crippen molar-refractivity contribution < 1.29 is 14.3 Å². The van der Waals surface area contributed by atoms with Crippen molar-refractivity contribution >= 4 is 11.8 Å². The Morgan fingerprint density at radius 1 is 1.52 bits per heavy atom. The minimum Gasteiger partial charge on any atom is -0.393 e. The van der Waals surface area contributed by atoms with E-state index in [0.29, 0.717) is 11.5 Å². The van der Waals surface area contributed by atoms with Gasteiger partial charge in [0.15, 0.2) is 5.67 Å². The fraction of sp³-hybridized carbons (Fsp3) is 0.400. The first-order chi connectivity index (χ1) is 11.0. The highest BCUT2D eigenvalue weighted by Gasteiger charge is 2.39. The Kier molecular flexibility index (Phi) is 3.99. The van der Waals surface area contributed by atoms with E-state index in [1.54, 1.807) is 23.0 Å². The number of halogens is 1. The van der Waals surface area contributed by atoms with E-state index in [2.05, 4.69) is 15.4 Å². The van der Waals surface area contributed by atoms with Gasteiger partial charge in [-0.15, -0.1) is 0 Å². The standard InChI is InChI=1S/C15H18FN5O2/c1-20-8-11(7-17-20)12-3-2-4-13(18-12)19-14(23)21-6-5-15(16,9-21)10-22/h2-4,7-8,22H,5-6,9-10H2,1H3,(H,18,19,23). The number of carbonyl (C=O) groups excluding carboxylic acids is 1. The van der Waals surface area contributed by atoms with Gasteiger partial charge in [0.25, 0.3) is 0 Å². The molecule has 0 aliphatic carbocycles.